The molecule has 1 unspecified atom stereocenters. The molecule has 1 fully saturated rings. The van der Waals surface area contributed by atoms with E-state index >= 15 is 0 Å². The lowest BCUT2D eigenvalue weighted by Crippen LogP contribution is -2.74. The topological polar surface area (TPSA) is 130 Å². The summed E-state index contributed by atoms with van der Waals surface area (Å²) in [4.78, 5) is 40.0. The number of benzene rings is 1. The first-order chi connectivity index (χ1) is 18.9. The minimum atomic E-state index is -1.26. The highest BCUT2D eigenvalue weighted by Crippen LogP contribution is 2.65. The Morgan fingerprint density at radius 2 is 1.71 bits per heavy atom. The first kappa shape index (κ1) is 29.2. The average molecular weight is 574 g/mol. The second-order valence-electron chi connectivity index (χ2n) is 13.3. The van der Waals surface area contributed by atoms with Gasteiger partial charge in [0.1, 0.15) is 17.0 Å². The largest absolute Gasteiger partial charge is 0.514 e. The summed E-state index contributed by atoms with van der Waals surface area (Å²) in [5.41, 5.74) is -2.02. The van der Waals surface area contributed by atoms with Gasteiger partial charge in [0.25, 0.3) is 0 Å². The lowest BCUT2D eigenvalue weighted by molar-refractivity contribution is -0.172. The zero-order valence-electron chi connectivity index (χ0n) is 24.9. The van der Waals surface area contributed by atoms with Crippen LogP contribution in [-0.4, -0.2) is 76.9 Å². The molecule has 5 rings (SSSR count). The third-order valence-corrected chi connectivity index (χ3v) is 8.13. The van der Waals surface area contributed by atoms with Crippen molar-refractivity contribution in [3.05, 3.63) is 35.1 Å². The molecule has 2 heterocycles. The molecule has 2 aliphatic heterocycles. The summed E-state index contributed by atoms with van der Waals surface area (Å²) in [5.74, 6) is -0.125. The number of carbonyl (C=O) groups is 3. The number of hydrogen-bond donors (Lipinski definition) is 1. The Kier molecular flexibility index (Phi) is 6.85. The first-order valence-electron chi connectivity index (χ1n) is 13.9. The van der Waals surface area contributed by atoms with Crippen LogP contribution in [0.4, 0.5) is 9.59 Å². The van der Waals surface area contributed by atoms with Crippen molar-refractivity contribution in [2.75, 3.05) is 13.6 Å². The molecule has 0 amide bonds. The van der Waals surface area contributed by atoms with Crippen molar-refractivity contribution >= 4 is 18.3 Å². The standard InChI is InChI=1S/C30H39NO10/c1-16(36-25(33)40-27(2,3)4)24(32)37-19-11-12-30(35)20-15-17-9-10-18(38-26(34)41-28(5,6)7)22-21(17)29(30,23(19)39-22)13-14-31(20)8/h9-11,16,20,23,35H,12-15H2,1-8H3/t16-,20?,23-,29-,30-/m0/s1. The molecule has 41 heavy (non-hydrogen) atoms. The number of rotatable bonds is 4. The number of hydrogen-bond acceptors (Lipinski definition) is 11. The second-order valence-corrected chi connectivity index (χ2v) is 13.3. The van der Waals surface area contributed by atoms with Crippen LogP contribution in [0.3, 0.4) is 0 Å². The predicted molar refractivity (Wildman–Crippen MR) is 145 cm³/mol. The van der Waals surface area contributed by atoms with Crippen LogP contribution < -0.4 is 9.47 Å². The van der Waals surface area contributed by atoms with Gasteiger partial charge in [0.15, 0.2) is 23.7 Å². The third-order valence-electron chi connectivity index (χ3n) is 8.13. The Hall–Kier alpha value is -3.31. The fraction of sp³-hybridized carbons (Fsp3) is 0.633. The van der Waals surface area contributed by atoms with E-state index in [1.807, 2.05) is 13.1 Å². The maximum Gasteiger partial charge on any atom is 0.514 e. The van der Waals surface area contributed by atoms with Gasteiger partial charge in [-0.15, -0.1) is 0 Å². The Morgan fingerprint density at radius 3 is 2.37 bits per heavy atom. The van der Waals surface area contributed by atoms with E-state index in [4.69, 9.17) is 28.4 Å². The van der Waals surface area contributed by atoms with E-state index in [1.54, 1.807) is 53.7 Å². The zero-order chi connectivity index (χ0) is 30.1. The Bertz CT molecular complexity index is 1310. The molecule has 0 radical (unpaired) electrons. The molecule has 11 nitrogen and oxygen atoms in total. The molecule has 4 aliphatic rings. The van der Waals surface area contributed by atoms with Gasteiger partial charge in [-0.25, -0.2) is 14.4 Å². The summed E-state index contributed by atoms with van der Waals surface area (Å²) in [5, 5.41) is 12.4. The second kappa shape index (κ2) is 9.62. The van der Waals surface area contributed by atoms with Crippen molar-refractivity contribution < 1.29 is 47.9 Å². The van der Waals surface area contributed by atoms with Crippen molar-refractivity contribution in [1.82, 2.24) is 4.90 Å². The summed E-state index contributed by atoms with van der Waals surface area (Å²) >= 11 is 0. The molecule has 1 spiro atoms. The monoisotopic (exact) mass is 573 g/mol. The highest BCUT2D eigenvalue weighted by molar-refractivity contribution is 5.78. The van der Waals surface area contributed by atoms with Crippen LogP contribution in [0.25, 0.3) is 0 Å². The molecular weight excluding hydrogens is 534 g/mol. The van der Waals surface area contributed by atoms with E-state index in [2.05, 4.69) is 4.90 Å². The van der Waals surface area contributed by atoms with Crippen LogP contribution in [0, 0.1) is 0 Å². The lowest BCUT2D eigenvalue weighted by atomic mass is 9.50. The van der Waals surface area contributed by atoms with Crippen molar-refractivity contribution in [2.45, 2.75) is 108 Å². The van der Waals surface area contributed by atoms with Gasteiger partial charge in [-0.05, 0) is 92.6 Å². The Morgan fingerprint density at radius 1 is 1.05 bits per heavy atom. The summed E-state index contributed by atoms with van der Waals surface area (Å²) in [6, 6.07) is 3.35. The van der Waals surface area contributed by atoms with Gasteiger partial charge < -0.3 is 38.4 Å². The van der Waals surface area contributed by atoms with Gasteiger partial charge in [-0.3, -0.25) is 0 Å². The lowest BCUT2D eigenvalue weighted by Gasteiger charge is -2.61. The van der Waals surface area contributed by atoms with Crippen molar-refractivity contribution in [3.63, 3.8) is 0 Å². The smallest absolute Gasteiger partial charge is 0.477 e. The molecule has 1 aromatic rings. The minimum absolute atomic E-state index is 0.161. The van der Waals surface area contributed by atoms with E-state index in [0.29, 0.717) is 25.1 Å². The molecule has 11 heteroatoms. The highest BCUT2D eigenvalue weighted by atomic mass is 16.7. The normalized spacial score (nSPS) is 28.9. The van der Waals surface area contributed by atoms with Gasteiger partial charge in [-0.2, -0.15) is 0 Å². The fourth-order valence-electron chi connectivity index (χ4n) is 6.53. The summed E-state index contributed by atoms with van der Waals surface area (Å²) in [6.07, 6.45) is -1.05. The van der Waals surface area contributed by atoms with Crippen LogP contribution in [-0.2, 0) is 35.6 Å². The summed E-state index contributed by atoms with van der Waals surface area (Å²) < 4.78 is 33.5. The van der Waals surface area contributed by atoms with E-state index in [1.165, 1.54) is 6.92 Å². The van der Waals surface area contributed by atoms with E-state index < -0.39 is 52.7 Å². The van der Waals surface area contributed by atoms with Gasteiger partial charge in [0.05, 0.1) is 11.0 Å². The molecule has 5 atom stereocenters. The van der Waals surface area contributed by atoms with Crippen molar-refractivity contribution in [2.24, 2.45) is 0 Å². The van der Waals surface area contributed by atoms with Crippen LogP contribution in [0.15, 0.2) is 24.0 Å². The number of carbonyl (C=O) groups excluding carboxylic acids is 3. The number of aliphatic hydroxyl groups is 1. The van der Waals surface area contributed by atoms with E-state index in [9.17, 15) is 19.5 Å². The minimum Gasteiger partial charge on any atom is -0.477 e. The number of likely N-dealkylation sites (tertiary alicyclic amines) is 1. The number of esters is 1. The maximum absolute atomic E-state index is 13.1. The molecular formula is C30H39NO10. The summed E-state index contributed by atoms with van der Waals surface area (Å²) in [7, 11) is 1.99. The highest BCUT2D eigenvalue weighted by Gasteiger charge is 2.72. The SMILES string of the molecule is C[C@H](OC(=O)OC(C)(C)C)C(=O)OC1=CC[C@]2(O)C3Cc4ccc(OC(=O)OC(C)(C)C)c5c4[C@@]2(CCN3C)[C@H]1O5. The average Bonchev–Trinajstić information content (AvgIpc) is 3.17. The Balaban J connectivity index is 1.48. The van der Waals surface area contributed by atoms with Crippen molar-refractivity contribution in [1.29, 1.82) is 0 Å². The Labute approximate surface area is 239 Å². The number of ether oxygens (including phenoxy) is 6. The van der Waals surface area contributed by atoms with Crippen LogP contribution in [0.2, 0.25) is 0 Å². The van der Waals surface area contributed by atoms with Gasteiger partial charge in [0.2, 0.25) is 0 Å². The molecule has 0 aromatic heterocycles. The zero-order valence-corrected chi connectivity index (χ0v) is 24.9. The molecule has 224 valence electrons. The van der Waals surface area contributed by atoms with Crippen LogP contribution in [0.1, 0.15) is 72.4 Å². The van der Waals surface area contributed by atoms with Gasteiger partial charge in [-0.1, -0.05) is 6.07 Å². The van der Waals surface area contributed by atoms with Crippen LogP contribution in [0.5, 0.6) is 11.5 Å². The summed E-state index contributed by atoms with van der Waals surface area (Å²) in [6.45, 7) is 12.3. The van der Waals surface area contributed by atoms with Gasteiger partial charge in [0, 0.05) is 18.0 Å². The van der Waals surface area contributed by atoms with E-state index in [0.717, 1.165) is 11.1 Å². The van der Waals surface area contributed by atoms with E-state index in [-0.39, 0.29) is 24.0 Å². The van der Waals surface area contributed by atoms with Crippen molar-refractivity contribution in [3.8, 4) is 11.5 Å². The number of piperidine rings is 1. The predicted octanol–water partition coefficient (Wildman–Crippen LogP) is 4.16. The number of nitrogens with zero attached hydrogens (tertiary/aromatic N) is 1. The molecule has 2 bridgehead atoms. The molecule has 0 saturated carbocycles. The molecule has 1 saturated heterocycles. The fourth-order valence-corrected chi connectivity index (χ4v) is 6.53. The molecule has 1 N–H and O–H groups in total. The van der Waals surface area contributed by atoms with Gasteiger partial charge >= 0.3 is 18.3 Å². The molecule has 1 aromatic carbocycles. The third kappa shape index (κ3) is 4.92. The molecule has 2 aliphatic carbocycles. The maximum atomic E-state index is 13.1. The first-order valence-corrected chi connectivity index (χ1v) is 13.9. The van der Waals surface area contributed by atoms with Crippen LogP contribution >= 0.6 is 0 Å². The quantitative estimate of drug-likeness (QED) is 0.317. The number of likely N-dealkylation sites (N-methyl/N-ethyl adjacent to an activating group) is 1.